The van der Waals surface area contributed by atoms with Crippen LogP contribution in [0.2, 0.25) is 0 Å². The third-order valence-corrected chi connectivity index (χ3v) is 2.09. The van der Waals surface area contributed by atoms with Gasteiger partial charge in [0.25, 0.3) is 0 Å². The van der Waals surface area contributed by atoms with Crippen molar-refractivity contribution in [3.8, 4) is 0 Å². The summed E-state index contributed by atoms with van der Waals surface area (Å²) < 4.78 is 4.62. The van der Waals surface area contributed by atoms with Gasteiger partial charge in [-0.3, -0.25) is 10.1 Å². The number of esters is 1. The van der Waals surface area contributed by atoms with Crippen molar-refractivity contribution in [3.05, 3.63) is 0 Å². The van der Waals surface area contributed by atoms with E-state index in [-0.39, 0.29) is 11.9 Å². The molecule has 0 rings (SSSR count). The molecular formula is C9H19NO3. The van der Waals surface area contributed by atoms with E-state index >= 15 is 0 Å². The van der Waals surface area contributed by atoms with Crippen LogP contribution in [0.3, 0.4) is 0 Å². The molecule has 0 aromatic rings. The van der Waals surface area contributed by atoms with Crippen LogP contribution in [0.5, 0.6) is 0 Å². The Bertz CT molecular complexity index is 159. The van der Waals surface area contributed by atoms with Crippen molar-refractivity contribution in [2.45, 2.75) is 39.5 Å². The number of hydrogen-bond donors (Lipinski definition) is 2. The third kappa shape index (κ3) is 4.24. The van der Waals surface area contributed by atoms with Crippen LogP contribution in [0, 0.1) is 5.92 Å². The van der Waals surface area contributed by atoms with Crippen molar-refractivity contribution < 1.29 is 14.6 Å². The fourth-order valence-corrected chi connectivity index (χ4v) is 1.09. The molecule has 13 heavy (non-hydrogen) atoms. The minimum atomic E-state index is -0.696. The largest absolute Gasteiger partial charge is 0.468 e. The molecule has 0 aliphatic rings. The average molecular weight is 189 g/mol. The SMILES string of the molecule is CCC(C)C(NC(C)O)C(=O)OC. The summed E-state index contributed by atoms with van der Waals surface area (Å²) in [6, 6.07) is -0.421. The highest BCUT2D eigenvalue weighted by molar-refractivity contribution is 5.75. The Balaban J connectivity index is 4.26. The Morgan fingerprint density at radius 2 is 2.08 bits per heavy atom. The van der Waals surface area contributed by atoms with Crippen LogP contribution in [0.15, 0.2) is 0 Å². The van der Waals surface area contributed by atoms with Crippen LogP contribution in [-0.2, 0) is 9.53 Å². The molecule has 4 nitrogen and oxygen atoms in total. The van der Waals surface area contributed by atoms with Gasteiger partial charge in [-0.15, -0.1) is 0 Å². The molecule has 0 aromatic heterocycles. The molecule has 0 saturated heterocycles. The first-order valence-electron chi connectivity index (χ1n) is 4.54. The monoisotopic (exact) mass is 189 g/mol. The van der Waals surface area contributed by atoms with E-state index < -0.39 is 12.3 Å². The molecule has 0 heterocycles. The highest BCUT2D eigenvalue weighted by Gasteiger charge is 2.25. The van der Waals surface area contributed by atoms with Gasteiger partial charge in [0.1, 0.15) is 12.3 Å². The van der Waals surface area contributed by atoms with Gasteiger partial charge in [-0.05, 0) is 12.8 Å². The van der Waals surface area contributed by atoms with E-state index in [1.54, 1.807) is 6.92 Å². The topological polar surface area (TPSA) is 58.6 Å². The molecule has 0 fully saturated rings. The Kier molecular flexibility index (Phi) is 5.66. The van der Waals surface area contributed by atoms with Crippen molar-refractivity contribution >= 4 is 5.97 Å². The van der Waals surface area contributed by atoms with Crippen molar-refractivity contribution in [3.63, 3.8) is 0 Å². The van der Waals surface area contributed by atoms with E-state index in [0.29, 0.717) is 0 Å². The highest BCUT2D eigenvalue weighted by atomic mass is 16.5. The van der Waals surface area contributed by atoms with Gasteiger partial charge in [0, 0.05) is 0 Å². The van der Waals surface area contributed by atoms with E-state index in [0.717, 1.165) is 6.42 Å². The normalized spacial score (nSPS) is 17.6. The van der Waals surface area contributed by atoms with Gasteiger partial charge in [-0.1, -0.05) is 20.3 Å². The number of carbonyl (C=O) groups excluding carboxylic acids is 1. The van der Waals surface area contributed by atoms with Crippen LogP contribution in [-0.4, -0.2) is 30.5 Å². The maximum atomic E-state index is 11.3. The fraction of sp³-hybridized carbons (Fsp3) is 0.889. The Labute approximate surface area is 79.3 Å². The molecule has 0 bridgehead atoms. The van der Waals surface area contributed by atoms with Crippen LogP contribution >= 0.6 is 0 Å². The summed E-state index contributed by atoms with van der Waals surface area (Å²) in [5, 5.41) is 11.9. The molecule has 3 atom stereocenters. The van der Waals surface area contributed by atoms with Crippen molar-refractivity contribution in [2.75, 3.05) is 7.11 Å². The second-order valence-corrected chi connectivity index (χ2v) is 3.23. The molecule has 0 aliphatic carbocycles. The summed E-state index contributed by atoms with van der Waals surface area (Å²) in [6.07, 6.45) is 0.164. The first-order valence-corrected chi connectivity index (χ1v) is 4.54. The van der Waals surface area contributed by atoms with Gasteiger partial charge >= 0.3 is 5.97 Å². The molecule has 0 spiro atoms. The zero-order valence-corrected chi connectivity index (χ0v) is 8.70. The van der Waals surface area contributed by atoms with Gasteiger partial charge in [0.15, 0.2) is 0 Å². The Morgan fingerprint density at radius 1 is 1.54 bits per heavy atom. The maximum Gasteiger partial charge on any atom is 0.323 e. The molecule has 0 radical (unpaired) electrons. The van der Waals surface area contributed by atoms with E-state index in [4.69, 9.17) is 5.11 Å². The number of aliphatic hydroxyl groups excluding tert-OH is 1. The van der Waals surface area contributed by atoms with Crippen molar-refractivity contribution in [1.82, 2.24) is 5.32 Å². The molecular weight excluding hydrogens is 170 g/mol. The zero-order valence-electron chi connectivity index (χ0n) is 8.70. The van der Waals surface area contributed by atoms with E-state index in [1.165, 1.54) is 7.11 Å². The number of rotatable bonds is 5. The van der Waals surface area contributed by atoms with E-state index in [1.807, 2.05) is 13.8 Å². The summed E-state index contributed by atoms with van der Waals surface area (Å²) in [4.78, 5) is 11.3. The first kappa shape index (κ1) is 12.4. The van der Waals surface area contributed by atoms with Crippen LogP contribution < -0.4 is 5.32 Å². The second-order valence-electron chi connectivity index (χ2n) is 3.23. The molecule has 0 aliphatic heterocycles. The molecule has 0 aromatic carbocycles. The van der Waals surface area contributed by atoms with E-state index in [9.17, 15) is 4.79 Å². The lowest BCUT2D eigenvalue weighted by Gasteiger charge is -2.23. The standard InChI is InChI=1S/C9H19NO3/c1-5-6(2)8(9(12)13-4)10-7(3)11/h6-8,10-11H,5H2,1-4H3. The van der Waals surface area contributed by atoms with Crippen LogP contribution in [0.25, 0.3) is 0 Å². The minimum Gasteiger partial charge on any atom is -0.468 e. The van der Waals surface area contributed by atoms with E-state index in [2.05, 4.69) is 10.1 Å². The molecule has 2 N–H and O–H groups in total. The van der Waals surface area contributed by atoms with Crippen LogP contribution in [0.1, 0.15) is 27.2 Å². The van der Waals surface area contributed by atoms with Gasteiger partial charge in [-0.25, -0.2) is 0 Å². The highest BCUT2D eigenvalue weighted by Crippen LogP contribution is 2.09. The lowest BCUT2D eigenvalue weighted by atomic mass is 9.99. The van der Waals surface area contributed by atoms with Crippen LogP contribution in [0.4, 0.5) is 0 Å². The summed E-state index contributed by atoms with van der Waals surface area (Å²) in [7, 11) is 1.35. The minimum absolute atomic E-state index is 0.155. The molecule has 78 valence electrons. The summed E-state index contributed by atoms with van der Waals surface area (Å²) in [6.45, 7) is 5.51. The molecule has 0 amide bonds. The molecule has 4 heteroatoms. The number of hydrogen-bond acceptors (Lipinski definition) is 4. The Hall–Kier alpha value is -0.610. The van der Waals surface area contributed by atoms with Crippen molar-refractivity contribution in [1.29, 1.82) is 0 Å². The number of carbonyl (C=O) groups is 1. The number of aliphatic hydroxyl groups is 1. The zero-order chi connectivity index (χ0) is 10.4. The smallest absolute Gasteiger partial charge is 0.323 e. The van der Waals surface area contributed by atoms with Gasteiger partial charge < -0.3 is 9.84 Å². The molecule has 3 unspecified atom stereocenters. The number of nitrogens with one attached hydrogen (secondary N) is 1. The number of ether oxygens (including phenoxy) is 1. The lowest BCUT2D eigenvalue weighted by molar-refractivity contribution is -0.145. The van der Waals surface area contributed by atoms with Crippen molar-refractivity contribution in [2.24, 2.45) is 5.92 Å². The first-order chi connectivity index (χ1) is 6.02. The second kappa shape index (κ2) is 5.94. The Morgan fingerprint density at radius 3 is 2.38 bits per heavy atom. The average Bonchev–Trinajstić information content (AvgIpc) is 2.11. The third-order valence-electron chi connectivity index (χ3n) is 2.09. The van der Waals surface area contributed by atoms with Gasteiger partial charge in [0.2, 0.25) is 0 Å². The lowest BCUT2D eigenvalue weighted by Crippen LogP contribution is -2.46. The summed E-state index contributed by atoms with van der Waals surface area (Å²) >= 11 is 0. The predicted molar refractivity (Wildman–Crippen MR) is 50.1 cm³/mol. The summed E-state index contributed by atoms with van der Waals surface area (Å²) in [5.74, 6) is -0.169. The summed E-state index contributed by atoms with van der Waals surface area (Å²) in [5.41, 5.74) is 0. The van der Waals surface area contributed by atoms with Gasteiger partial charge in [0.05, 0.1) is 7.11 Å². The molecule has 0 saturated carbocycles. The predicted octanol–water partition coefficient (Wildman–Crippen LogP) is 0.502. The maximum absolute atomic E-state index is 11.3. The quantitative estimate of drug-likeness (QED) is 0.488. The fourth-order valence-electron chi connectivity index (χ4n) is 1.09. The van der Waals surface area contributed by atoms with Gasteiger partial charge in [-0.2, -0.15) is 0 Å². The number of methoxy groups -OCH3 is 1.